The lowest BCUT2D eigenvalue weighted by atomic mass is 9.91. The zero-order valence-corrected chi connectivity index (χ0v) is 18.9. The molecular formula is C20H28IN3O2S. The Bertz CT molecular complexity index is 757. The van der Waals surface area contributed by atoms with Crippen LogP contribution in [0.5, 0.6) is 0 Å². The van der Waals surface area contributed by atoms with Crippen LogP contribution in [0.3, 0.4) is 0 Å². The van der Waals surface area contributed by atoms with Gasteiger partial charge in [0, 0.05) is 31.8 Å². The maximum atomic E-state index is 11.6. The van der Waals surface area contributed by atoms with Gasteiger partial charge in [-0.1, -0.05) is 67.6 Å². The Balaban J connectivity index is 0.00000364. The predicted molar refractivity (Wildman–Crippen MR) is 124 cm³/mol. The SMILES string of the molecule is CCS(=O)(=O)CCNC(=NC)NCC(c1ccccc1)c1ccccc1.I. The van der Waals surface area contributed by atoms with Crippen molar-refractivity contribution >= 4 is 39.8 Å². The number of benzene rings is 2. The summed E-state index contributed by atoms with van der Waals surface area (Å²) in [5, 5.41) is 6.39. The molecule has 0 fully saturated rings. The van der Waals surface area contributed by atoms with Gasteiger partial charge in [-0.2, -0.15) is 0 Å². The number of nitrogens with zero attached hydrogens (tertiary/aromatic N) is 1. The second-order valence-corrected chi connectivity index (χ2v) is 8.46. The molecule has 0 aliphatic rings. The van der Waals surface area contributed by atoms with E-state index in [1.54, 1.807) is 14.0 Å². The number of guanidine groups is 1. The minimum Gasteiger partial charge on any atom is -0.355 e. The molecule has 0 aromatic heterocycles. The van der Waals surface area contributed by atoms with Gasteiger partial charge in [0.1, 0.15) is 0 Å². The van der Waals surface area contributed by atoms with Gasteiger partial charge in [-0.3, -0.25) is 4.99 Å². The highest BCUT2D eigenvalue weighted by Gasteiger charge is 2.14. The lowest BCUT2D eigenvalue weighted by molar-refractivity contribution is 0.595. The first-order chi connectivity index (χ1) is 12.6. The zero-order chi connectivity index (χ0) is 18.8. The summed E-state index contributed by atoms with van der Waals surface area (Å²) < 4.78 is 23.2. The molecule has 0 spiro atoms. The molecule has 0 atom stereocenters. The molecular weight excluding hydrogens is 473 g/mol. The number of hydrogen-bond acceptors (Lipinski definition) is 3. The summed E-state index contributed by atoms with van der Waals surface area (Å²) in [6, 6.07) is 20.6. The summed E-state index contributed by atoms with van der Waals surface area (Å²) >= 11 is 0. The zero-order valence-electron chi connectivity index (χ0n) is 15.8. The average Bonchev–Trinajstić information content (AvgIpc) is 2.68. The molecule has 0 saturated carbocycles. The second-order valence-electron chi connectivity index (χ2n) is 5.99. The predicted octanol–water partition coefficient (Wildman–Crippen LogP) is 3.04. The Morgan fingerprint density at radius 3 is 1.93 bits per heavy atom. The number of rotatable bonds is 8. The average molecular weight is 501 g/mol. The first kappa shape index (κ1) is 23.4. The van der Waals surface area contributed by atoms with E-state index in [-0.39, 0.29) is 41.4 Å². The Hall–Kier alpha value is -1.61. The van der Waals surface area contributed by atoms with Crippen molar-refractivity contribution in [1.29, 1.82) is 0 Å². The molecule has 148 valence electrons. The van der Waals surface area contributed by atoms with E-state index < -0.39 is 9.84 Å². The van der Waals surface area contributed by atoms with Gasteiger partial charge in [-0.25, -0.2) is 8.42 Å². The fourth-order valence-corrected chi connectivity index (χ4v) is 3.39. The van der Waals surface area contributed by atoms with Crippen LogP contribution >= 0.6 is 24.0 Å². The maximum absolute atomic E-state index is 11.6. The summed E-state index contributed by atoms with van der Waals surface area (Å²) in [4.78, 5) is 4.19. The first-order valence-electron chi connectivity index (χ1n) is 8.80. The maximum Gasteiger partial charge on any atom is 0.191 e. The molecule has 2 aromatic rings. The first-order valence-corrected chi connectivity index (χ1v) is 10.6. The molecule has 2 rings (SSSR count). The van der Waals surface area contributed by atoms with E-state index in [9.17, 15) is 8.42 Å². The number of nitrogens with one attached hydrogen (secondary N) is 2. The second kappa shape index (κ2) is 12.0. The number of sulfone groups is 1. The Kier molecular flexibility index (Phi) is 10.4. The summed E-state index contributed by atoms with van der Waals surface area (Å²) in [6.07, 6.45) is 0. The third-order valence-electron chi connectivity index (χ3n) is 4.25. The van der Waals surface area contributed by atoms with Gasteiger partial charge < -0.3 is 10.6 Å². The van der Waals surface area contributed by atoms with Crippen LogP contribution in [-0.4, -0.2) is 46.0 Å². The van der Waals surface area contributed by atoms with Crippen LogP contribution in [0.15, 0.2) is 65.7 Å². The van der Waals surface area contributed by atoms with E-state index in [1.165, 1.54) is 11.1 Å². The standard InChI is InChI=1S/C20H27N3O2S.HI/c1-3-26(24,25)15-14-22-20(21-2)23-16-19(17-10-6-4-7-11-17)18-12-8-5-9-13-18;/h4-13,19H,3,14-16H2,1-2H3,(H2,21,22,23);1H. The summed E-state index contributed by atoms with van der Waals surface area (Å²) in [5.74, 6) is 1.04. The highest BCUT2D eigenvalue weighted by Crippen LogP contribution is 2.23. The van der Waals surface area contributed by atoms with Gasteiger partial charge in [0.25, 0.3) is 0 Å². The fraction of sp³-hybridized carbons (Fsp3) is 0.350. The molecule has 0 aliphatic heterocycles. The lowest BCUT2D eigenvalue weighted by Crippen LogP contribution is -2.41. The molecule has 0 radical (unpaired) electrons. The van der Waals surface area contributed by atoms with E-state index in [4.69, 9.17) is 0 Å². The van der Waals surface area contributed by atoms with E-state index in [0.717, 1.165) is 0 Å². The molecule has 0 saturated heterocycles. The molecule has 27 heavy (non-hydrogen) atoms. The van der Waals surface area contributed by atoms with E-state index in [0.29, 0.717) is 19.0 Å². The third-order valence-corrected chi connectivity index (χ3v) is 5.95. The normalized spacial score (nSPS) is 11.7. The molecule has 0 bridgehead atoms. The van der Waals surface area contributed by atoms with E-state index in [1.807, 2.05) is 36.4 Å². The Labute approximate surface area is 179 Å². The molecule has 2 N–H and O–H groups in total. The Morgan fingerprint density at radius 1 is 0.963 bits per heavy atom. The quantitative estimate of drug-likeness (QED) is 0.332. The van der Waals surface area contributed by atoms with Gasteiger partial charge >= 0.3 is 0 Å². The van der Waals surface area contributed by atoms with E-state index >= 15 is 0 Å². The molecule has 7 heteroatoms. The minimum absolute atomic E-state index is 0. The van der Waals surface area contributed by atoms with Gasteiger partial charge in [0.2, 0.25) is 0 Å². The van der Waals surface area contributed by atoms with Crippen LogP contribution in [0.2, 0.25) is 0 Å². The molecule has 5 nitrogen and oxygen atoms in total. The topological polar surface area (TPSA) is 70.6 Å². The fourth-order valence-electron chi connectivity index (χ4n) is 2.69. The number of hydrogen-bond donors (Lipinski definition) is 2. The van der Waals surface area contributed by atoms with Crippen molar-refractivity contribution < 1.29 is 8.42 Å². The van der Waals surface area contributed by atoms with Crippen LogP contribution in [0.1, 0.15) is 24.0 Å². The molecule has 0 amide bonds. The van der Waals surface area contributed by atoms with Gasteiger partial charge in [0.15, 0.2) is 15.8 Å². The van der Waals surface area contributed by atoms with Crippen molar-refractivity contribution in [1.82, 2.24) is 10.6 Å². The van der Waals surface area contributed by atoms with Crippen LogP contribution in [0.25, 0.3) is 0 Å². The Morgan fingerprint density at radius 2 is 1.48 bits per heavy atom. The van der Waals surface area contributed by atoms with Crippen LogP contribution < -0.4 is 10.6 Å². The molecule has 0 unspecified atom stereocenters. The van der Waals surface area contributed by atoms with Crippen molar-refractivity contribution in [3.63, 3.8) is 0 Å². The lowest BCUT2D eigenvalue weighted by Gasteiger charge is -2.20. The highest BCUT2D eigenvalue weighted by atomic mass is 127. The van der Waals surface area contributed by atoms with Crippen molar-refractivity contribution in [2.45, 2.75) is 12.8 Å². The largest absolute Gasteiger partial charge is 0.355 e. The number of halogens is 1. The van der Waals surface area contributed by atoms with Crippen LogP contribution in [0, 0.1) is 0 Å². The molecule has 0 heterocycles. The smallest absolute Gasteiger partial charge is 0.191 e. The van der Waals surface area contributed by atoms with Crippen LogP contribution in [0.4, 0.5) is 0 Å². The monoisotopic (exact) mass is 501 g/mol. The molecule has 0 aliphatic carbocycles. The van der Waals surface area contributed by atoms with Crippen LogP contribution in [-0.2, 0) is 9.84 Å². The summed E-state index contributed by atoms with van der Waals surface area (Å²) in [7, 11) is -1.30. The summed E-state index contributed by atoms with van der Waals surface area (Å²) in [6.45, 7) is 2.66. The third kappa shape index (κ3) is 7.88. The number of aliphatic imine (C=N–C) groups is 1. The van der Waals surface area contributed by atoms with Gasteiger partial charge in [-0.15, -0.1) is 24.0 Å². The summed E-state index contributed by atoms with van der Waals surface area (Å²) in [5.41, 5.74) is 2.44. The van der Waals surface area contributed by atoms with Crippen molar-refractivity contribution in [3.05, 3.63) is 71.8 Å². The van der Waals surface area contributed by atoms with Gasteiger partial charge in [0.05, 0.1) is 5.75 Å². The van der Waals surface area contributed by atoms with Crippen molar-refractivity contribution in [2.24, 2.45) is 4.99 Å². The van der Waals surface area contributed by atoms with Crippen molar-refractivity contribution in [3.8, 4) is 0 Å². The highest BCUT2D eigenvalue weighted by molar-refractivity contribution is 14.0. The van der Waals surface area contributed by atoms with Crippen molar-refractivity contribution in [2.75, 3.05) is 31.6 Å². The van der Waals surface area contributed by atoms with Gasteiger partial charge in [-0.05, 0) is 11.1 Å². The minimum atomic E-state index is -2.99. The van der Waals surface area contributed by atoms with E-state index in [2.05, 4.69) is 39.9 Å². The molecule has 2 aromatic carbocycles.